The summed E-state index contributed by atoms with van der Waals surface area (Å²) < 4.78 is 2.10. The van der Waals surface area contributed by atoms with Gasteiger partial charge in [-0.1, -0.05) is 27.2 Å². The molecule has 2 atom stereocenters. The smallest absolute Gasteiger partial charge is 0.315 e. The summed E-state index contributed by atoms with van der Waals surface area (Å²) in [5.41, 5.74) is 0. The second kappa shape index (κ2) is 6.77. The van der Waals surface area contributed by atoms with Gasteiger partial charge < -0.3 is 15.2 Å². The first-order chi connectivity index (χ1) is 9.56. The van der Waals surface area contributed by atoms with Gasteiger partial charge >= 0.3 is 6.03 Å². The molecule has 1 aliphatic carbocycles. The molecule has 1 aromatic rings. The Bertz CT molecular complexity index is 441. The lowest BCUT2D eigenvalue weighted by molar-refractivity contribution is 0.233. The van der Waals surface area contributed by atoms with Crippen LogP contribution in [0.4, 0.5) is 4.79 Å². The first-order valence-corrected chi connectivity index (χ1v) is 7.60. The van der Waals surface area contributed by atoms with E-state index in [0.29, 0.717) is 24.4 Å². The van der Waals surface area contributed by atoms with E-state index in [9.17, 15) is 4.79 Å². The molecule has 1 aromatic heterocycles. The van der Waals surface area contributed by atoms with Gasteiger partial charge in [-0.25, -0.2) is 9.78 Å². The second-order valence-electron chi connectivity index (χ2n) is 6.23. The lowest BCUT2D eigenvalue weighted by atomic mass is 10.1. The molecule has 0 bridgehead atoms. The van der Waals surface area contributed by atoms with E-state index in [4.69, 9.17) is 0 Å². The molecule has 2 rings (SSSR count). The lowest BCUT2D eigenvalue weighted by Gasteiger charge is -2.18. The van der Waals surface area contributed by atoms with Crippen LogP contribution in [-0.2, 0) is 13.1 Å². The average molecular weight is 278 g/mol. The summed E-state index contributed by atoms with van der Waals surface area (Å²) in [5, 5.41) is 5.98. The zero-order valence-electron chi connectivity index (χ0n) is 12.7. The average Bonchev–Trinajstić information content (AvgIpc) is 2.97. The van der Waals surface area contributed by atoms with Gasteiger partial charge in [0.1, 0.15) is 5.82 Å². The van der Waals surface area contributed by atoms with E-state index in [1.165, 1.54) is 12.8 Å². The predicted octanol–water partition coefficient (Wildman–Crippen LogP) is 2.53. The molecule has 0 saturated heterocycles. The maximum atomic E-state index is 11.9. The van der Waals surface area contributed by atoms with Crippen molar-refractivity contribution in [2.45, 2.75) is 59.2 Å². The van der Waals surface area contributed by atoms with Gasteiger partial charge in [0, 0.05) is 25.0 Å². The Hall–Kier alpha value is -1.52. The number of imidazole rings is 1. The Labute approximate surface area is 121 Å². The first kappa shape index (κ1) is 14.9. The molecule has 20 heavy (non-hydrogen) atoms. The van der Waals surface area contributed by atoms with Crippen molar-refractivity contribution in [3.63, 3.8) is 0 Å². The molecule has 2 amide bonds. The maximum absolute atomic E-state index is 11.9. The minimum absolute atomic E-state index is 0.0807. The highest BCUT2D eigenvalue weighted by Gasteiger charge is 2.24. The minimum atomic E-state index is -0.0807. The normalized spacial score (nSPS) is 22.2. The van der Waals surface area contributed by atoms with Crippen molar-refractivity contribution in [3.8, 4) is 0 Å². The summed E-state index contributed by atoms with van der Waals surface area (Å²) >= 11 is 0. The maximum Gasteiger partial charge on any atom is 0.315 e. The lowest BCUT2D eigenvalue weighted by Crippen LogP contribution is -2.43. The fourth-order valence-corrected chi connectivity index (χ4v) is 2.81. The van der Waals surface area contributed by atoms with Crippen molar-refractivity contribution in [1.82, 2.24) is 20.2 Å². The fraction of sp³-hybridized carbons (Fsp3) is 0.733. The van der Waals surface area contributed by atoms with Crippen LogP contribution in [0.3, 0.4) is 0 Å². The molecule has 2 N–H and O–H groups in total. The molecule has 112 valence electrons. The summed E-state index contributed by atoms with van der Waals surface area (Å²) in [6.07, 6.45) is 7.27. The van der Waals surface area contributed by atoms with E-state index >= 15 is 0 Å². The number of aromatic nitrogens is 2. The van der Waals surface area contributed by atoms with E-state index in [1.807, 2.05) is 6.20 Å². The number of carbonyl (C=O) groups is 1. The van der Waals surface area contributed by atoms with Crippen LogP contribution >= 0.6 is 0 Å². The highest BCUT2D eigenvalue weighted by atomic mass is 16.2. The van der Waals surface area contributed by atoms with E-state index in [0.717, 1.165) is 18.8 Å². The number of rotatable bonds is 5. The molecular weight excluding hydrogens is 252 g/mol. The third-order valence-electron chi connectivity index (χ3n) is 3.95. The minimum Gasteiger partial charge on any atom is -0.335 e. The summed E-state index contributed by atoms with van der Waals surface area (Å²) in [6, 6.07) is 0.244. The van der Waals surface area contributed by atoms with Crippen LogP contribution in [0.25, 0.3) is 0 Å². The zero-order valence-corrected chi connectivity index (χ0v) is 12.7. The van der Waals surface area contributed by atoms with Gasteiger partial charge in [0.25, 0.3) is 0 Å². The van der Waals surface area contributed by atoms with E-state index < -0.39 is 0 Å². The van der Waals surface area contributed by atoms with Crippen molar-refractivity contribution in [3.05, 3.63) is 18.2 Å². The Morgan fingerprint density at radius 2 is 2.30 bits per heavy atom. The van der Waals surface area contributed by atoms with Crippen LogP contribution in [0, 0.1) is 11.8 Å². The SMILES string of the molecule is CC(C)Cn1ccnc1CNC(=O)N[C@@H]1CCC[C@H]1C. The molecule has 0 radical (unpaired) electrons. The summed E-state index contributed by atoms with van der Waals surface area (Å²) in [6.45, 7) is 7.95. The molecule has 1 saturated carbocycles. The molecule has 5 nitrogen and oxygen atoms in total. The van der Waals surface area contributed by atoms with Gasteiger partial charge in [0.2, 0.25) is 0 Å². The zero-order chi connectivity index (χ0) is 14.5. The first-order valence-electron chi connectivity index (χ1n) is 7.60. The Morgan fingerprint density at radius 3 is 2.95 bits per heavy atom. The highest BCUT2D eigenvalue weighted by molar-refractivity contribution is 5.74. The molecule has 1 aliphatic rings. The quantitative estimate of drug-likeness (QED) is 0.869. The van der Waals surface area contributed by atoms with Gasteiger partial charge in [-0.15, -0.1) is 0 Å². The van der Waals surface area contributed by atoms with Crippen molar-refractivity contribution in [2.75, 3.05) is 0 Å². The monoisotopic (exact) mass is 278 g/mol. The molecule has 0 aromatic carbocycles. The topological polar surface area (TPSA) is 59.0 Å². The Balaban J connectivity index is 1.80. The van der Waals surface area contributed by atoms with Crippen molar-refractivity contribution < 1.29 is 4.79 Å². The Kier molecular flexibility index (Phi) is 5.04. The number of hydrogen-bond donors (Lipinski definition) is 2. The second-order valence-corrected chi connectivity index (χ2v) is 6.23. The van der Waals surface area contributed by atoms with Crippen molar-refractivity contribution in [2.24, 2.45) is 11.8 Å². The third-order valence-corrected chi connectivity index (χ3v) is 3.95. The molecule has 0 aliphatic heterocycles. The van der Waals surface area contributed by atoms with Crippen LogP contribution in [0.2, 0.25) is 0 Å². The largest absolute Gasteiger partial charge is 0.335 e. The molecule has 1 heterocycles. The Morgan fingerprint density at radius 1 is 1.50 bits per heavy atom. The number of urea groups is 1. The highest BCUT2D eigenvalue weighted by Crippen LogP contribution is 2.24. The van der Waals surface area contributed by atoms with Gasteiger partial charge in [0.15, 0.2) is 0 Å². The molecule has 0 unspecified atom stereocenters. The molecule has 5 heteroatoms. The van der Waals surface area contributed by atoms with Crippen LogP contribution in [0.1, 0.15) is 45.9 Å². The van der Waals surface area contributed by atoms with Crippen LogP contribution in [-0.4, -0.2) is 21.6 Å². The van der Waals surface area contributed by atoms with Crippen molar-refractivity contribution in [1.29, 1.82) is 0 Å². The number of carbonyl (C=O) groups excluding carboxylic acids is 1. The summed E-state index contributed by atoms with van der Waals surface area (Å²) in [4.78, 5) is 16.2. The van der Waals surface area contributed by atoms with Gasteiger partial charge in [-0.05, 0) is 24.7 Å². The molecule has 0 spiro atoms. The molecule has 1 fully saturated rings. The van der Waals surface area contributed by atoms with Crippen LogP contribution < -0.4 is 10.6 Å². The molecular formula is C15H26N4O. The van der Waals surface area contributed by atoms with Gasteiger partial charge in [-0.3, -0.25) is 0 Å². The number of nitrogens with zero attached hydrogens (tertiary/aromatic N) is 2. The van der Waals surface area contributed by atoms with E-state index in [-0.39, 0.29) is 6.03 Å². The van der Waals surface area contributed by atoms with Gasteiger partial charge in [0.05, 0.1) is 6.54 Å². The van der Waals surface area contributed by atoms with E-state index in [2.05, 4.69) is 41.0 Å². The van der Waals surface area contributed by atoms with Crippen molar-refractivity contribution >= 4 is 6.03 Å². The fourth-order valence-electron chi connectivity index (χ4n) is 2.81. The predicted molar refractivity (Wildman–Crippen MR) is 79.2 cm³/mol. The van der Waals surface area contributed by atoms with Crippen LogP contribution in [0.5, 0.6) is 0 Å². The summed E-state index contributed by atoms with van der Waals surface area (Å²) in [5.74, 6) is 2.06. The number of hydrogen-bond acceptors (Lipinski definition) is 2. The van der Waals surface area contributed by atoms with E-state index in [1.54, 1.807) is 6.20 Å². The third kappa shape index (κ3) is 3.99. The van der Waals surface area contributed by atoms with Crippen LogP contribution in [0.15, 0.2) is 12.4 Å². The number of nitrogens with one attached hydrogen (secondary N) is 2. The number of amides is 2. The summed E-state index contributed by atoms with van der Waals surface area (Å²) in [7, 11) is 0. The van der Waals surface area contributed by atoms with Gasteiger partial charge in [-0.2, -0.15) is 0 Å². The standard InChI is InChI=1S/C15H26N4O/c1-11(2)10-19-8-7-16-14(19)9-17-15(20)18-13-6-4-5-12(13)3/h7-8,11-13H,4-6,9-10H2,1-3H3,(H2,17,18,20)/t12-,13-/m1/s1.